The summed E-state index contributed by atoms with van der Waals surface area (Å²) in [5.74, 6) is -0.806. The Bertz CT molecular complexity index is 362. The van der Waals surface area contributed by atoms with Crippen LogP contribution in [0.1, 0.15) is 5.56 Å². The van der Waals surface area contributed by atoms with Crippen molar-refractivity contribution in [2.24, 2.45) is 0 Å². The first-order chi connectivity index (χ1) is 7.34. The van der Waals surface area contributed by atoms with Crippen LogP contribution in [0.25, 0.3) is 0 Å². The summed E-state index contributed by atoms with van der Waals surface area (Å²) in [5.41, 5.74) is 0.0584. The quantitative estimate of drug-likeness (QED) is 0.819. The second-order valence-electron chi connectivity index (χ2n) is 3.23. The Kier molecular flexibility index (Phi) is 3.74. The fourth-order valence-corrected chi connectivity index (χ4v) is 1.18. The molecular weight excluding hydrogens is 228 g/mol. The molecule has 0 radical (unpaired) electrons. The van der Waals surface area contributed by atoms with Crippen LogP contribution in [-0.4, -0.2) is 24.5 Å². The number of ether oxygens (including phenoxy) is 1. The standard InChI is InChI=1S/C10H10F4O2/c1-16-8-3-2-6(4-7(8)11)5-9(15)10(12,13)14/h2-4,9,15H,5H2,1H3/t9-/m1/s1. The van der Waals surface area contributed by atoms with Crippen molar-refractivity contribution in [1.82, 2.24) is 0 Å². The molecule has 0 aliphatic heterocycles. The highest BCUT2D eigenvalue weighted by atomic mass is 19.4. The van der Waals surface area contributed by atoms with Gasteiger partial charge in [-0.1, -0.05) is 6.07 Å². The molecule has 1 aromatic rings. The number of aliphatic hydroxyl groups excluding tert-OH is 1. The maximum atomic E-state index is 13.1. The van der Waals surface area contributed by atoms with Crippen molar-refractivity contribution in [1.29, 1.82) is 0 Å². The van der Waals surface area contributed by atoms with Gasteiger partial charge in [0.15, 0.2) is 17.7 Å². The summed E-state index contributed by atoms with van der Waals surface area (Å²) >= 11 is 0. The van der Waals surface area contributed by atoms with Crippen LogP contribution in [0.15, 0.2) is 18.2 Å². The summed E-state index contributed by atoms with van der Waals surface area (Å²) in [6, 6.07) is 3.40. The number of hydrogen-bond acceptors (Lipinski definition) is 2. The minimum Gasteiger partial charge on any atom is -0.494 e. The van der Waals surface area contributed by atoms with Crippen molar-refractivity contribution >= 4 is 0 Å². The van der Waals surface area contributed by atoms with Gasteiger partial charge in [0.1, 0.15) is 0 Å². The summed E-state index contributed by atoms with van der Waals surface area (Å²) in [7, 11) is 1.25. The van der Waals surface area contributed by atoms with E-state index >= 15 is 0 Å². The molecule has 90 valence electrons. The Morgan fingerprint density at radius 2 is 2.00 bits per heavy atom. The first kappa shape index (κ1) is 12.8. The molecule has 0 aliphatic carbocycles. The lowest BCUT2D eigenvalue weighted by molar-refractivity contribution is -0.203. The van der Waals surface area contributed by atoms with E-state index in [4.69, 9.17) is 5.11 Å². The Morgan fingerprint density at radius 3 is 2.44 bits per heavy atom. The maximum absolute atomic E-state index is 13.1. The molecule has 1 N–H and O–H groups in total. The van der Waals surface area contributed by atoms with Gasteiger partial charge in [-0.2, -0.15) is 13.2 Å². The summed E-state index contributed by atoms with van der Waals surface area (Å²) in [4.78, 5) is 0. The molecule has 1 atom stereocenters. The summed E-state index contributed by atoms with van der Waals surface area (Å²) in [5, 5.41) is 8.78. The van der Waals surface area contributed by atoms with Gasteiger partial charge in [-0.15, -0.1) is 0 Å². The van der Waals surface area contributed by atoms with E-state index in [-0.39, 0.29) is 11.3 Å². The lowest BCUT2D eigenvalue weighted by atomic mass is 10.1. The largest absolute Gasteiger partial charge is 0.494 e. The fraction of sp³-hybridized carbons (Fsp3) is 0.400. The van der Waals surface area contributed by atoms with E-state index in [1.807, 2.05) is 0 Å². The van der Waals surface area contributed by atoms with Gasteiger partial charge in [0.25, 0.3) is 0 Å². The molecular formula is C10H10F4O2. The first-order valence-electron chi connectivity index (χ1n) is 4.42. The number of rotatable bonds is 3. The highest BCUT2D eigenvalue weighted by molar-refractivity contribution is 5.29. The number of aliphatic hydroxyl groups is 1. The van der Waals surface area contributed by atoms with E-state index < -0.39 is 24.5 Å². The van der Waals surface area contributed by atoms with Crippen LogP contribution in [0.4, 0.5) is 17.6 Å². The van der Waals surface area contributed by atoms with E-state index in [2.05, 4.69) is 4.74 Å². The molecule has 0 bridgehead atoms. The molecule has 0 fully saturated rings. The third-order valence-corrected chi connectivity index (χ3v) is 2.02. The molecule has 16 heavy (non-hydrogen) atoms. The number of methoxy groups -OCH3 is 1. The zero-order valence-corrected chi connectivity index (χ0v) is 8.38. The second-order valence-corrected chi connectivity index (χ2v) is 3.23. The average Bonchev–Trinajstić information content (AvgIpc) is 2.16. The van der Waals surface area contributed by atoms with Crippen molar-refractivity contribution < 1.29 is 27.4 Å². The SMILES string of the molecule is COc1ccc(C[C@@H](O)C(F)(F)F)cc1F. The van der Waals surface area contributed by atoms with Gasteiger partial charge in [-0.25, -0.2) is 4.39 Å². The zero-order valence-electron chi connectivity index (χ0n) is 8.38. The van der Waals surface area contributed by atoms with Crippen LogP contribution in [0.2, 0.25) is 0 Å². The van der Waals surface area contributed by atoms with Gasteiger partial charge in [-0.05, 0) is 17.7 Å². The van der Waals surface area contributed by atoms with E-state index in [1.54, 1.807) is 0 Å². The summed E-state index contributed by atoms with van der Waals surface area (Å²) in [6.45, 7) is 0. The number of hydrogen-bond donors (Lipinski definition) is 1. The van der Waals surface area contributed by atoms with Crippen LogP contribution < -0.4 is 4.74 Å². The molecule has 1 rings (SSSR count). The lowest BCUT2D eigenvalue weighted by Gasteiger charge is -2.14. The van der Waals surface area contributed by atoms with Crippen molar-refractivity contribution in [3.63, 3.8) is 0 Å². The topological polar surface area (TPSA) is 29.5 Å². The van der Waals surface area contributed by atoms with Crippen molar-refractivity contribution in [3.05, 3.63) is 29.6 Å². The van der Waals surface area contributed by atoms with Gasteiger partial charge in [0, 0.05) is 6.42 Å². The van der Waals surface area contributed by atoms with Crippen molar-refractivity contribution in [3.8, 4) is 5.75 Å². The van der Waals surface area contributed by atoms with Crippen molar-refractivity contribution in [2.45, 2.75) is 18.7 Å². The minimum atomic E-state index is -4.70. The van der Waals surface area contributed by atoms with E-state index in [0.717, 1.165) is 6.07 Å². The monoisotopic (exact) mass is 238 g/mol. The predicted octanol–water partition coefficient (Wildman–Crippen LogP) is 2.30. The Balaban J connectivity index is 2.79. The maximum Gasteiger partial charge on any atom is 0.414 e. The molecule has 0 saturated carbocycles. The molecule has 0 unspecified atom stereocenters. The molecule has 0 spiro atoms. The van der Waals surface area contributed by atoms with Crippen LogP contribution in [-0.2, 0) is 6.42 Å². The second kappa shape index (κ2) is 4.69. The number of alkyl halides is 3. The van der Waals surface area contributed by atoms with E-state index in [1.165, 1.54) is 19.2 Å². The normalized spacial score (nSPS) is 13.6. The van der Waals surface area contributed by atoms with Crippen LogP contribution in [0.5, 0.6) is 5.75 Å². The van der Waals surface area contributed by atoms with Gasteiger partial charge < -0.3 is 9.84 Å². The first-order valence-corrected chi connectivity index (χ1v) is 4.42. The highest BCUT2D eigenvalue weighted by Crippen LogP contribution is 2.24. The molecule has 6 heteroatoms. The number of halogens is 4. The summed E-state index contributed by atoms with van der Waals surface area (Å²) in [6.07, 6.45) is -7.86. The van der Waals surface area contributed by atoms with Crippen LogP contribution in [0.3, 0.4) is 0 Å². The summed E-state index contributed by atoms with van der Waals surface area (Å²) < 4.78 is 53.8. The molecule has 2 nitrogen and oxygen atoms in total. The Morgan fingerprint density at radius 1 is 1.38 bits per heavy atom. The molecule has 0 amide bonds. The molecule has 1 aromatic carbocycles. The van der Waals surface area contributed by atoms with E-state index in [9.17, 15) is 17.6 Å². The highest BCUT2D eigenvalue weighted by Gasteiger charge is 2.38. The van der Waals surface area contributed by atoms with Crippen LogP contribution >= 0.6 is 0 Å². The van der Waals surface area contributed by atoms with Gasteiger partial charge >= 0.3 is 6.18 Å². The third-order valence-electron chi connectivity index (χ3n) is 2.02. The fourth-order valence-electron chi connectivity index (χ4n) is 1.18. The lowest BCUT2D eigenvalue weighted by Crippen LogP contribution is -2.30. The average molecular weight is 238 g/mol. The minimum absolute atomic E-state index is 0.0507. The molecule has 0 aromatic heterocycles. The zero-order chi connectivity index (χ0) is 12.3. The molecule has 0 heterocycles. The molecule has 0 aliphatic rings. The van der Waals surface area contributed by atoms with Gasteiger partial charge in [-0.3, -0.25) is 0 Å². The predicted molar refractivity (Wildman–Crippen MR) is 48.7 cm³/mol. The number of benzene rings is 1. The Hall–Kier alpha value is -1.30. The smallest absolute Gasteiger partial charge is 0.414 e. The van der Waals surface area contributed by atoms with Gasteiger partial charge in [0.05, 0.1) is 7.11 Å². The van der Waals surface area contributed by atoms with Crippen molar-refractivity contribution in [2.75, 3.05) is 7.11 Å². The molecule has 0 saturated heterocycles. The Labute approximate surface area is 89.5 Å². The van der Waals surface area contributed by atoms with Gasteiger partial charge in [0.2, 0.25) is 0 Å². The third kappa shape index (κ3) is 3.10. The van der Waals surface area contributed by atoms with E-state index in [0.29, 0.717) is 0 Å². The van der Waals surface area contributed by atoms with Crippen LogP contribution in [0, 0.1) is 5.82 Å².